The van der Waals surface area contributed by atoms with Gasteiger partial charge in [-0.2, -0.15) is 0 Å². The summed E-state index contributed by atoms with van der Waals surface area (Å²) in [5.41, 5.74) is -0.714. The van der Waals surface area contributed by atoms with Crippen LogP contribution >= 0.6 is 34.8 Å². The molecule has 0 atom stereocenters. The van der Waals surface area contributed by atoms with E-state index in [1.807, 2.05) is 20.8 Å². The quantitative estimate of drug-likeness (QED) is 0.516. The molecule has 6 heteroatoms. The van der Waals surface area contributed by atoms with Gasteiger partial charge in [-0.15, -0.1) is 0 Å². The topological polar surface area (TPSA) is 43.4 Å². The van der Waals surface area contributed by atoms with Gasteiger partial charge in [-0.25, -0.2) is 4.79 Å². The Hall–Kier alpha value is -0.770. The van der Waals surface area contributed by atoms with Crippen LogP contribution in [0.5, 0.6) is 0 Å². The van der Waals surface area contributed by atoms with Crippen LogP contribution in [0, 0.1) is 5.41 Å². The molecule has 0 saturated heterocycles. The van der Waals surface area contributed by atoms with Gasteiger partial charge >= 0.3 is 11.9 Å². The lowest BCUT2D eigenvalue weighted by atomic mass is 9.80. The van der Waals surface area contributed by atoms with Crippen LogP contribution in [0.2, 0.25) is 15.1 Å². The molecular formula is C15H17Cl3O3. The number of rotatable bonds is 5. The molecule has 21 heavy (non-hydrogen) atoms. The summed E-state index contributed by atoms with van der Waals surface area (Å²) in [6.45, 7) is 5.67. The number of halogens is 3. The van der Waals surface area contributed by atoms with Gasteiger partial charge < -0.3 is 4.74 Å². The highest BCUT2D eigenvalue weighted by Gasteiger charge is 2.36. The molecule has 0 saturated carbocycles. The standard InChI is InChI=1S/C15H17Cl3O3/c1-4-15(5-2,6-3)14(20)21-13(19)12-10(17)7-9(16)8-11(12)18/h7-8H,4-6H2,1-3H3. The van der Waals surface area contributed by atoms with Crippen molar-refractivity contribution in [1.82, 2.24) is 0 Å². The van der Waals surface area contributed by atoms with Crippen molar-refractivity contribution >= 4 is 46.7 Å². The Bertz CT molecular complexity index is 520. The van der Waals surface area contributed by atoms with Crippen LogP contribution in [0.3, 0.4) is 0 Å². The number of benzene rings is 1. The van der Waals surface area contributed by atoms with Gasteiger partial charge in [0.1, 0.15) is 0 Å². The first-order valence-electron chi connectivity index (χ1n) is 6.72. The van der Waals surface area contributed by atoms with Gasteiger partial charge in [-0.05, 0) is 31.4 Å². The molecule has 3 nitrogen and oxygen atoms in total. The highest BCUT2D eigenvalue weighted by molar-refractivity contribution is 6.42. The number of hydrogen-bond acceptors (Lipinski definition) is 3. The van der Waals surface area contributed by atoms with Crippen LogP contribution in [-0.2, 0) is 9.53 Å². The van der Waals surface area contributed by atoms with Crippen molar-refractivity contribution in [3.05, 3.63) is 32.8 Å². The summed E-state index contributed by atoms with van der Waals surface area (Å²) in [5.74, 6) is -1.41. The first-order valence-corrected chi connectivity index (χ1v) is 7.85. The Morgan fingerprint density at radius 2 is 1.43 bits per heavy atom. The van der Waals surface area contributed by atoms with E-state index in [2.05, 4.69) is 0 Å². The minimum absolute atomic E-state index is 0.0479. The Morgan fingerprint density at radius 3 is 1.81 bits per heavy atom. The van der Waals surface area contributed by atoms with Crippen molar-refractivity contribution in [2.45, 2.75) is 40.0 Å². The van der Waals surface area contributed by atoms with E-state index in [9.17, 15) is 9.59 Å². The van der Waals surface area contributed by atoms with Crippen LogP contribution in [0.1, 0.15) is 50.4 Å². The second kappa shape index (κ2) is 7.48. The Kier molecular flexibility index (Phi) is 6.51. The molecular weight excluding hydrogens is 335 g/mol. The molecule has 0 spiro atoms. The van der Waals surface area contributed by atoms with E-state index in [1.54, 1.807) is 0 Å². The largest absolute Gasteiger partial charge is 0.389 e. The minimum Gasteiger partial charge on any atom is -0.389 e. The summed E-state index contributed by atoms with van der Waals surface area (Å²) in [6, 6.07) is 2.76. The van der Waals surface area contributed by atoms with Gasteiger partial charge in [-0.1, -0.05) is 55.6 Å². The number of hydrogen-bond donors (Lipinski definition) is 0. The van der Waals surface area contributed by atoms with Crippen LogP contribution in [-0.4, -0.2) is 11.9 Å². The summed E-state index contributed by atoms with van der Waals surface area (Å²) in [6.07, 6.45) is 1.77. The SMILES string of the molecule is CCC(CC)(CC)C(=O)OC(=O)c1c(Cl)cc(Cl)cc1Cl. The molecule has 0 bridgehead atoms. The molecule has 0 fully saturated rings. The second-order valence-electron chi connectivity index (χ2n) is 4.76. The molecule has 1 aromatic carbocycles. The maximum Gasteiger partial charge on any atom is 0.348 e. The fraction of sp³-hybridized carbons (Fsp3) is 0.467. The monoisotopic (exact) mass is 350 g/mol. The minimum atomic E-state index is -0.855. The molecule has 0 aliphatic carbocycles. The van der Waals surface area contributed by atoms with E-state index in [0.717, 1.165) is 0 Å². The number of carbonyl (C=O) groups is 2. The normalized spacial score (nSPS) is 11.3. The molecule has 0 unspecified atom stereocenters. The maximum atomic E-state index is 12.3. The summed E-state index contributed by atoms with van der Waals surface area (Å²) < 4.78 is 4.99. The van der Waals surface area contributed by atoms with E-state index in [1.165, 1.54) is 12.1 Å². The Balaban J connectivity index is 3.04. The van der Waals surface area contributed by atoms with E-state index in [0.29, 0.717) is 24.3 Å². The molecule has 0 aliphatic rings. The lowest BCUT2D eigenvalue weighted by molar-refractivity contribution is -0.150. The number of ether oxygens (including phenoxy) is 1. The lowest BCUT2D eigenvalue weighted by Gasteiger charge is -2.27. The molecule has 0 aliphatic heterocycles. The predicted octanol–water partition coefficient (Wildman–Crippen LogP) is 5.55. The van der Waals surface area contributed by atoms with Gasteiger partial charge in [-0.3, -0.25) is 4.79 Å². The molecule has 1 aromatic rings. The molecule has 1 rings (SSSR count). The highest BCUT2D eigenvalue weighted by Crippen LogP contribution is 2.34. The lowest BCUT2D eigenvalue weighted by Crippen LogP contribution is -2.33. The fourth-order valence-corrected chi connectivity index (χ4v) is 3.13. The van der Waals surface area contributed by atoms with Crippen molar-refractivity contribution < 1.29 is 14.3 Å². The summed E-state index contributed by atoms with van der Waals surface area (Å²) in [7, 11) is 0. The summed E-state index contributed by atoms with van der Waals surface area (Å²) in [5, 5.41) is 0.415. The van der Waals surface area contributed by atoms with Crippen LogP contribution < -0.4 is 0 Å². The van der Waals surface area contributed by atoms with Gasteiger partial charge in [0, 0.05) is 5.02 Å². The molecule has 0 N–H and O–H groups in total. The van der Waals surface area contributed by atoms with Crippen molar-refractivity contribution in [3.8, 4) is 0 Å². The van der Waals surface area contributed by atoms with Gasteiger partial charge in [0.05, 0.1) is 21.0 Å². The van der Waals surface area contributed by atoms with Gasteiger partial charge in [0.25, 0.3) is 0 Å². The van der Waals surface area contributed by atoms with Gasteiger partial charge in [0.2, 0.25) is 0 Å². The zero-order valence-electron chi connectivity index (χ0n) is 12.1. The Labute approximate surface area is 139 Å². The number of esters is 2. The predicted molar refractivity (Wildman–Crippen MR) is 85.2 cm³/mol. The molecule has 0 aromatic heterocycles. The van der Waals surface area contributed by atoms with E-state index in [-0.39, 0.29) is 15.6 Å². The van der Waals surface area contributed by atoms with E-state index < -0.39 is 17.4 Å². The van der Waals surface area contributed by atoms with Crippen molar-refractivity contribution in [3.63, 3.8) is 0 Å². The van der Waals surface area contributed by atoms with Crippen molar-refractivity contribution in [2.24, 2.45) is 5.41 Å². The van der Waals surface area contributed by atoms with Crippen LogP contribution in [0.15, 0.2) is 12.1 Å². The molecule has 0 amide bonds. The van der Waals surface area contributed by atoms with Crippen molar-refractivity contribution in [1.29, 1.82) is 0 Å². The summed E-state index contributed by atoms with van der Waals surface area (Å²) >= 11 is 17.7. The first kappa shape index (κ1) is 18.3. The first-order chi connectivity index (χ1) is 9.81. The van der Waals surface area contributed by atoms with E-state index >= 15 is 0 Å². The number of carbonyl (C=O) groups excluding carboxylic acids is 2. The van der Waals surface area contributed by atoms with Crippen LogP contribution in [0.25, 0.3) is 0 Å². The molecule has 0 heterocycles. The second-order valence-corrected chi connectivity index (χ2v) is 6.01. The average Bonchev–Trinajstić information content (AvgIpc) is 2.40. The summed E-state index contributed by atoms with van der Waals surface area (Å²) in [4.78, 5) is 24.4. The Morgan fingerprint density at radius 1 is 1.00 bits per heavy atom. The maximum absolute atomic E-state index is 12.3. The molecule has 116 valence electrons. The van der Waals surface area contributed by atoms with Crippen molar-refractivity contribution in [2.75, 3.05) is 0 Å². The van der Waals surface area contributed by atoms with Crippen LogP contribution in [0.4, 0.5) is 0 Å². The zero-order chi connectivity index (χ0) is 16.2. The van der Waals surface area contributed by atoms with E-state index in [4.69, 9.17) is 39.5 Å². The average molecular weight is 352 g/mol. The third-order valence-corrected chi connectivity index (χ3v) is 4.67. The van der Waals surface area contributed by atoms with Gasteiger partial charge in [0.15, 0.2) is 0 Å². The highest BCUT2D eigenvalue weighted by atomic mass is 35.5. The molecule has 0 radical (unpaired) electrons. The third kappa shape index (κ3) is 3.91. The third-order valence-electron chi connectivity index (χ3n) is 3.86. The fourth-order valence-electron chi connectivity index (χ4n) is 2.16. The zero-order valence-corrected chi connectivity index (χ0v) is 14.4. The smallest absolute Gasteiger partial charge is 0.348 e.